The third-order valence-electron chi connectivity index (χ3n) is 4.61. The van der Waals surface area contributed by atoms with Crippen LogP contribution in [0.25, 0.3) is 16.9 Å². The molecule has 0 unspecified atom stereocenters. The topological polar surface area (TPSA) is 61.8 Å². The van der Waals surface area contributed by atoms with Crippen molar-refractivity contribution in [1.82, 2.24) is 18.7 Å². The van der Waals surface area contributed by atoms with E-state index in [9.17, 15) is 9.59 Å². The van der Waals surface area contributed by atoms with E-state index in [-0.39, 0.29) is 12.2 Å². The van der Waals surface area contributed by atoms with E-state index in [0.29, 0.717) is 27.8 Å². The molecule has 142 valence electrons. The van der Waals surface area contributed by atoms with Crippen LogP contribution in [0.1, 0.15) is 12.5 Å². The lowest BCUT2D eigenvalue weighted by atomic mass is 10.2. The Bertz CT molecular complexity index is 1300. The van der Waals surface area contributed by atoms with Gasteiger partial charge in [-0.3, -0.25) is 9.36 Å². The molecule has 2 heterocycles. The molecular formula is C20H16Cl2N4O2. The maximum atomic E-state index is 13.0. The highest BCUT2D eigenvalue weighted by atomic mass is 35.5. The van der Waals surface area contributed by atoms with E-state index in [1.165, 1.54) is 9.13 Å². The summed E-state index contributed by atoms with van der Waals surface area (Å²) in [5, 5.41) is 0.993. The fourth-order valence-corrected chi connectivity index (χ4v) is 3.65. The summed E-state index contributed by atoms with van der Waals surface area (Å²) in [7, 11) is 0. The predicted octanol–water partition coefficient (Wildman–Crippen LogP) is 3.72. The van der Waals surface area contributed by atoms with Crippen LogP contribution >= 0.6 is 23.2 Å². The number of aromatic nitrogens is 4. The van der Waals surface area contributed by atoms with E-state index in [1.807, 2.05) is 18.2 Å². The molecule has 4 aromatic rings. The van der Waals surface area contributed by atoms with E-state index in [2.05, 4.69) is 4.98 Å². The van der Waals surface area contributed by atoms with Gasteiger partial charge in [-0.1, -0.05) is 53.5 Å². The van der Waals surface area contributed by atoms with E-state index in [1.54, 1.807) is 48.1 Å². The van der Waals surface area contributed by atoms with Crippen LogP contribution in [0.3, 0.4) is 0 Å². The van der Waals surface area contributed by atoms with Crippen molar-refractivity contribution in [3.8, 4) is 5.69 Å². The van der Waals surface area contributed by atoms with Crippen molar-refractivity contribution in [2.75, 3.05) is 0 Å². The number of rotatable bonds is 4. The lowest BCUT2D eigenvalue weighted by molar-refractivity contribution is 0.655. The van der Waals surface area contributed by atoms with Crippen LogP contribution in [0.5, 0.6) is 0 Å². The zero-order chi connectivity index (χ0) is 19.8. The van der Waals surface area contributed by atoms with Crippen molar-refractivity contribution in [3.63, 3.8) is 0 Å². The smallest absolute Gasteiger partial charge is 0.320 e. The van der Waals surface area contributed by atoms with Crippen molar-refractivity contribution < 1.29 is 0 Å². The molecule has 0 saturated heterocycles. The molecule has 2 aromatic carbocycles. The highest BCUT2D eigenvalue weighted by Gasteiger charge is 2.20. The van der Waals surface area contributed by atoms with Gasteiger partial charge in [-0.2, -0.15) is 0 Å². The van der Waals surface area contributed by atoms with Gasteiger partial charge >= 0.3 is 5.69 Å². The highest BCUT2D eigenvalue weighted by Crippen LogP contribution is 2.22. The van der Waals surface area contributed by atoms with Crippen molar-refractivity contribution in [2.45, 2.75) is 20.0 Å². The monoisotopic (exact) mass is 414 g/mol. The van der Waals surface area contributed by atoms with Crippen LogP contribution < -0.4 is 11.2 Å². The summed E-state index contributed by atoms with van der Waals surface area (Å²) >= 11 is 12.6. The Morgan fingerprint density at radius 1 is 0.964 bits per heavy atom. The summed E-state index contributed by atoms with van der Waals surface area (Å²) in [5.41, 5.74) is 1.04. The summed E-state index contributed by atoms with van der Waals surface area (Å²) in [6.45, 7) is 2.34. The number of para-hydroxylation sites is 1. The Morgan fingerprint density at radius 3 is 2.32 bits per heavy atom. The van der Waals surface area contributed by atoms with E-state index in [4.69, 9.17) is 23.2 Å². The molecule has 0 aliphatic carbocycles. The lowest BCUT2D eigenvalue weighted by Gasteiger charge is -2.13. The molecule has 0 aliphatic heterocycles. The molecule has 0 radical (unpaired) electrons. The number of hydrogen-bond donors (Lipinski definition) is 0. The summed E-state index contributed by atoms with van der Waals surface area (Å²) < 4.78 is 4.26. The second-order valence-electron chi connectivity index (χ2n) is 6.25. The Kier molecular flexibility index (Phi) is 4.83. The van der Waals surface area contributed by atoms with E-state index < -0.39 is 11.2 Å². The third-order valence-corrected chi connectivity index (χ3v) is 5.30. The molecule has 0 amide bonds. The number of benzene rings is 2. The Morgan fingerprint density at radius 2 is 1.64 bits per heavy atom. The van der Waals surface area contributed by atoms with Gasteiger partial charge in [0, 0.05) is 11.6 Å². The van der Waals surface area contributed by atoms with Crippen molar-refractivity contribution in [2.24, 2.45) is 0 Å². The molecule has 0 saturated carbocycles. The van der Waals surface area contributed by atoms with Gasteiger partial charge in [0.25, 0.3) is 5.56 Å². The SMILES string of the molecule is CCn1c(=O)c2c(ncn2Cc2ccccc2Cl)n(-c2ccccc2Cl)c1=O. The molecule has 2 aromatic heterocycles. The van der Waals surface area contributed by atoms with Crippen LogP contribution in [0, 0.1) is 0 Å². The molecule has 28 heavy (non-hydrogen) atoms. The van der Waals surface area contributed by atoms with Crippen LogP contribution in [0.2, 0.25) is 10.0 Å². The van der Waals surface area contributed by atoms with Gasteiger partial charge in [0.2, 0.25) is 0 Å². The van der Waals surface area contributed by atoms with Crippen molar-refractivity contribution >= 4 is 34.4 Å². The van der Waals surface area contributed by atoms with Crippen LogP contribution in [-0.2, 0) is 13.1 Å². The van der Waals surface area contributed by atoms with Gasteiger partial charge < -0.3 is 4.57 Å². The molecule has 8 heteroatoms. The first kappa shape index (κ1) is 18.5. The Balaban J connectivity index is 2.04. The molecular weight excluding hydrogens is 399 g/mol. The second kappa shape index (κ2) is 7.30. The normalized spacial score (nSPS) is 11.2. The molecule has 6 nitrogen and oxygen atoms in total. The second-order valence-corrected chi connectivity index (χ2v) is 7.07. The number of halogens is 2. The first-order valence-corrected chi connectivity index (χ1v) is 9.47. The Labute approximate surface area is 170 Å². The lowest BCUT2D eigenvalue weighted by Crippen LogP contribution is -2.39. The molecule has 0 N–H and O–H groups in total. The molecule has 0 atom stereocenters. The number of imidazole rings is 1. The number of nitrogens with zero attached hydrogens (tertiary/aromatic N) is 4. The maximum Gasteiger partial charge on any atom is 0.337 e. The van der Waals surface area contributed by atoms with Gasteiger partial charge in [-0.25, -0.2) is 14.3 Å². The average Bonchev–Trinajstić information content (AvgIpc) is 3.09. The first-order valence-electron chi connectivity index (χ1n) is 8.72. The van der Waals surface area contributed by atoms with Gasteiger partial charge in [0.1, 0.15) is 0 Å². The minimum absolute atomic E-state index is 0.231. The van der Waals surface area contributed by atoms with Crippen LogP contribution in [-0.4, -0.2) is 18.7 Å². The molecule has 4 rings (SSSR count). The molecule has 0 bridgehead atoms. The summed E-state index contributed by atoms with van der Waals surface area (Å²) in [4.78, 5) is 30.4. The van der Waals surface area contributed by atoms with Crippen LogP contribution in [0.15, 0.2) is 64.4 Å². The summed E-state index contributed by atoms with van der Waals surface area (Å²) in [6, 6.07) is 14.4. The van der Waals surface area contributed by atoms with E-state index >= 15 is 0 Å². The minimum Gasteiger partial charge on any atom is -0.320 e. The fraction of sp³-hybridized carbons (Fsp3) is 0.150. The average molecular weight is 415 g/mol. The zero-order valence-corrected chi connectivity index (χ0v) is 16.5. The largest absolute Gasteiger partial charge is 0.337 e. The number of fused-ring (bicyclic) bond motifs is 1. The first-order chi connectivity index (χ1) is 13.5. The van der Waals surface area contributed by atoms with Gasteiger partial charge in [-0.15, -0.1) is 0 Å². The Hall–Kier alpha value is -2.83. The summed E-state index contributed by atoms with van der Waals surface area (Å²) in [6.07, 6.45) is 1.54. The highest BCUT2D eigenvalue weighted by molar-refractivity contribution is 6.32. The zero-order valence-electron chi connectivity index (χ0n) is 15.0. The third kappa shape index (κ3) is 2.95. The van der Waals surface area contributed by atoms with Gasteiger partial charge in [0.15, 0.2) is 11.2 Å². The predicted molar refractivity (Wildman–Crippen MR) is 111 cm³/mol. The van der Waals surface area contributed by atoms with Crippen molar-refractivity contribution in [1.29, 1.82) is 0 Å². The molecule has 0 fully saturated rings. The summed E-state index contributed by atoms with van der Waals surface area (Å²) in [5.74, 6) is 0. The quantitative estimate of drug-likeness (QED) is 0.511. The molecule has 0 aliphatic rings. The van der Waals surface area contributed by atoms with Crippen LogP contribution in [0.4, 0.5) is 0 Å². The van der Waals surface area contributed by atoms with Gasteiger partial charge in [-0.05, 0) is 30.7 Å². The van der Waals surface area contributed by atoms with Gasteiger partial charge in [0.05, 0.1) is 23.6 Å². The molecule has 0 spiro atoms. The minimum atomic E-state index is -0.476. The number of hydrogen-bond acceptors (Lipinski definition) is 3. The van der Waals surface area contributed by atoms with Crippen molar-refractivity contribution in [3.05, 3.63) is 91.3 Å². The van der Waals surface area contributed by atoms with E-state index in [0.717, 1.165) is 5.56 Å². The standard InChI is InChI=1S/C20H16Cl2N4O2/c1-2-25-19(27)17-18(26(20(25)28)16-10-6-5-9-15(16)22)23-12-24(17)11-13-7-3-4-8-14(13)21/h3-10,12H,2,11H2,1H3. The fourth-order valence-electron chi connectivity index (χ4n) is 3.24. The maximum absolute atomic E-state index is 13.0.